The molecule has 0 spiro atoms. The normalized spacial score (nSPS) is 17.9. The highest BCUT2D eigenvalue weighted by atomic mass is 32.2. The second-order valence-electron chi connectivity index (χ2n) is 14.8. The van der Waals surface area contributed by atoms with Gasteiger partial charge in [-0.3, -0.25) is 28.7 Å². The van der Waals surface area contributed by atoms with Crippen LogP contribution in [0.4, 0.5) is 5.69 Å². The van der Waals surface area contributed by atoms with E-state index in [0.717, 1.165) is 50.3 Å². The van der Waals surface area contributed by atoms with Gasteiger partial charge in [0.25, 0.3) is 21.9 Å². The van der Waals surface area contributed by atoms with Crippen molar-refractivity contribution >= 4 is 62.1 Å². The summed E-state index contributed by atoms with van der Waals surface area (Å²) in [4.78, 5) is 57.9. The van der Waals surface area contributed by atoms with Crippen molar-refractivity contribution in [3.8, 4) is 0 Å². The minimum atomic E-state index is -4.19. The van der Waals surface area contributed by atoms with Crippen LogP contribution in [0, 0.1) is 6.92 Å². The van der Waals surface area contributed by atoms with E-state index in [1.165, 1.54) is 12.1 Å². The van der Waals surface area contributed by atoms with Crippen LogP contribution >= 0.6 is 0 Å². The van der Waals surface area contributed by atoms with Crippen LogP contribution in [0.1, 0.15) is 62.5 Å². The number of aliphatic imine (C=N–C) groups is 1. The molecule has 3 aliphatic heterocycles. The maximum absolute atomic E-state index is 12.3. The maximum Gasteiger partial charge on any atom is 0.303 e. The van der Waals surface area contributed by atoms with Crippen LogP contribution in [0.2, 0.25) is 0 Å². The Balaban J connectivity index is 0.000000333. The van der Waals surface area contributed by atoms with Gasteiger partial charge in [-0.2, -0.15) is 8.42 Å². The summed E-state index contributed by atoms with van der Waals surface area (Å²) in [5.74, 6) is -2.29. The van der Waals surface area contributed by atoms with Crippen molar-refractivity contribution in [3.05, 3.63) is 135 Å². The fourth-order valence-electron chi connectivity index (χ4n) is 7.60. The molecule has 6 rings (SSSR count). The SMILES string of the molecule is C=CC1=C(C)C(=CC2=NC(Cc3[nH]c(C=C4NC(=O)C(C)=C4C=C)c(C)c3CCC(=O)O)C(CCC(=O)O)=C2C)NC1=O.CN(C)c1cccc2c(S(=O)(=O)O)cccc12. The van der Waals surface area contributed by atoms with Gasteiger partial charge in [0, 0.05) is 83.6 Å². The van der Waals surface area contributed by atoms with Gasteiger partial charge in [-0.05, 0) is 92.7 Å². The number of carbonyl (C=O) groups excluding carboxylic acids is 2. The first-order valence-electron chi connectivity index (χ1n) is 19.1. The van der Waals surface area contributed by atoms with Crippen LogP contribution in [-0.4, -0.2) is 77.8 Å². The largest absolute Gasteiger partial charge is 0.481 e. The quantitative estimate of drug-likeness (QED) is 0.0965. The number of H-pyrrole nitrogens is 1. The number of carboxylic acids is 2. The Morgan fingerprint density at radius 3 is 2.03 bits per heavy atom. The Labute approximate surface area is 348 Å². The second-order valence-corrected chi connectivity index (χ2v) is 16.2. The number of aromatic nitrogens is 1. The van der Waals surface area contributed by atoms with E-state index in [-0.39, 0.29) is 36.0 Å². The molecule has 1 unspecified atom stereocenters. The molecule has 2 aromatic carbocycles. The van der Waals surface area contributed by atoms with Crippen molar-refractivity contribution in [2.75, 3.05) is 19.0 Å². The minimum absolute atomic E-state index is 0.0568. The van der Waals surface area contributed by atoms with Crippen molar-refractivity contribution in [3.63, 3.8) is 0 Å². The first kappa shape index (κ1) is 44.5. The van der Waals surface area contributed by atoms with Gasteiger partial charge >= 0.3 is 11.9 Å². The molecule has 314 valence electrons. The van der Waals surface area contributed by atoms with Crippen LogP contribution < -0.4 is 15.5 Å². The van der Waals surface area contributed by atoms with Crippen molar-refractivity contribution in [2.24, 2.45) is 4.99 Å². The van der Waals surface area contributed by atoms with Gasteiger partial charge in [-0.25, -0.2) is 0 Å². The molecule has 4 heterocycles. The predicted octanol–water partition coefficient (Wildman–Crippen LogP) is 6.53. The lowest BCUT2D eigenvalue weighted by Crippen LogP contribution is -2.16. The van der Waals surface area contributed by atoms with Crippen LogP contribution in [0.5, 0.6) is 0 Å². The van der Waals surface area contributed by atoms with Crippen molar-refractivity contribution < 1.29 is 42.4 Å². The third kappa shape index (κ3) is 9.48. The van der Waals surface area contributed by atoms with Crippen molar-refractivity contribution in [2.45, 2.75) is 70.7 Å². The molecule has 1 atom stereocenters. The van der Waals surface area contributed by atoms with Gasteiger partial charge in [0.1, 0.15) is 4.90 Å². The Hall–Kier alpha value is -6.58. The number of amides is 2. The van der Waals surface area contributed by atoms with E-state index in [9.17, 15) is 42.4 Å². The molecule has 14 nitrogen and oxygen atoms in total. The van der Waals surface area contributed by atoms with Crippen molar-refractivity contribution in [1.29, 1.82) is 0 Å². The third-order valence-corrected chi connectivity index (χ3v) is 11.8. The molecule has 3 aromatic rings. The monoisotopic (exact) mass is 835 g/mol. The van der Waals surface area contributed by atoms with E-state index in [4.69, 9.17) is 4.99 Å². The number of anilines is 1. The first-order valence-corrected chi connectivity index (χ1v) is 20.5. The number of fused-ring (bicyclic) bond motifs is 1. The van der Waals surface area contributed by atoms with Crippen LogP contribution in [0.15, 0.2) is 123 Å². The summed E-state index contributed by atoms with van der Waals surface area (Å²) in [7, 11) is -0.423. The number of benzene rings is 2. The fraction of sp³-hybridized carbons (Fsp3) is 0.267. The van der Waals surface area contributed by atoms with Gasteiger partial charge in [-0.15, -0.1) is 0 Å². The molecular weight excluding hydrogens is 787 g/mol. The van der Waals surface area contributed by atoms with E-state index < -0.39 is 28.1 Å². The molecule has 60 heavy (non-hydrogen) atoms. The summed E-state index contributed by atoms with van der Waals surface area (Å²) in [6, 6.07) is 9.81. The lowest BCUT2D eigenvalue weighted by atomic mass is 9.93. The number of aromatic amines is 1. The summed E-state index contributed by atoms with van der Waals surface area (Å²) >= 11 is 0. The number of allylic oxidation sites excluding steroid dienone is 4. The molecule has 0 saturated carbocycles. The predicted molar refractivity (Wildman–Crippen MR) is 232 cm³/mol. The molecule has 0 saturated heterocycles. The summed E-state index contributed by atoms with van der Waals surface area (Å²) in [5.41, 5.74) is 10.2. The third-order valence-electron chi connectivity index (χ3n) is 10.8. The lowest BCUT2D eigenvalue weighted by Gasteiger charge is -2.16. The maximum atomic E-state index is 12.3. The number of carbonyl (C=O) groups is 4. The first-order chi connectivity index (χ1) is 28.3. The fourth-order valence-corrected chi connectivity index (χ4v) is 8.31. The van der Waals surface area contributed by atoms with E-state index in [2.05, 4.69) is 28.8 Å². The standard InChI is InChI=1S/C33H36N4O6.C12H13NO3S/c1-7-20-19(6)32(42)37-27(20)14-25-18(5)23(10-12-31(40)41)29(35-25)15-28-22(9-11-30(38)39)17(4)24(34-28)13-26-16(3)21(8-2)33(43)36-26;1-13(2)11-7-3-6-10-9(11)5-4-8-12(10)17(14,15)16/h7-8,13-14,28,35H,1-2,9-12,15H2,3-6H3,(H,36,43)(H,37,42)(H,38,39)(H,40,41);3-8H,1-2H3,(H,14,15,16). The zero-order valence-corrected chi connectivity index (χ0v) is 35.2. The summed E-state index contributed by atoms with van der Waals surface area (Å²) in [6.07, 6.45) is 7.58. The zero-order valence-electron chi connectivity index (χ0n) is 34.4. The Morgan fingerprint density at radius 2 is 1.43 bits per heavy atom. The molecule has 6 N–H and O–H groups in total. The van der Waals surface area contributed by atoms with Gasteiger partial charge in [0.15, 0.2) is 0 Å². The smallest absolute Gasteiger partial charge is 0.303 e. The number of aliphatic carboxylic acids is 2. The van der Waals surface area contributed by atoms with E-state index in [1.807, 2.05) is 58.0 Å². The number of nitrogens with zero attached hydrogens (tertiary/aromatic N) is 2. The number of carboxylic acid groups (broad SMARTS) is 2. The zero-order chi connectivity index (χ0) is 44.2. The van der Waals surface area contributed by atoms with Crippen LogP contribution in [0.3, 0.4) is 0 Å². The van der Waals surface area contributed by atoms with Crippen LogP contribution in [-0.2, 0) is 42.1 Å². The van der Waals surface area contributed by atoms with Gasteiger partial charge in [0.2, 0.25) is 0 Å². The molecule has 2 amide bonds. The number of hydrogen-bond acceptors (Lipinski definition) is 8. The highest BCUT2D eigenvalue weighted by molar-refractivity contribution is 7.86. The molecular formula is C45H49N5O9S. The molecule has 3 aliphatic rings. The molecule has 0 radical (unpaired) electrons. The van der Waals surface area contributed by atoms with Crippen LogP contribution in [0.25, 0.3) is 16.8 Å². The summed E-state index contributed by atoms with van der Waals surface area (Å²) < 4.78 is 31.7. The Bertz CT molecular complexity index is 2650. The number of rotatable bonds is 14. The molecule has 0 aliphatic carbocycles. The second kappa shape index (κ2) is 18.1. The molecule has 0 bridgehead atoms. The molecule has 15 heteroatoms. The van der Waals surface area contributed by atoms with Gasteiger partial charge in [0.05, 0.1) is 17.5 Å². The number of hydrogen-bond donors (Lipinski definition) is 6. The Kier molecular flexibility index (Phi) is 13.5. The lowest BCUT2D eigenvalue weighted by molar-refractivity contribution is -0.138. The average Bonchev–Trinajstić information content (AvgIpc) is 3.83. The average molecular weight is 836 g/mol. The highest BCUT2D eigenvalue weighted by Gasteiger charge is 2.30. The van der Waals surface area contributed by atoms with E-state index in [1.54, 1.807) is 37.3 Å². The van der Waals surface area contributed by atoms with Gasteiger partial charge < -0.3 is 30.7 Å². The number of nitrogens with one attached hydrogen (secondary N) is 3. The summed E-state index contributed by atoms with van der Waals surface area (Å²) in [5, 5.41) is 25.9. The molecule has 0 fully saturated rings. The van der Waals surface area contributed by atoms with E-state index in [0.29, 0.717) is 52.1 Å². The minimum Gasteiger partial charge on any atom is -0.481 e. The topological polar surface area (TPSA) is 219 Å². The Morgan fingerprint density at radius 1 is 0.817 bits per heavy atom. The summed E-state index contributed by atoms with van der Waals surface area (Å²) in [6.45, 7) is 14.9. The van der Waals surface area contributed by atoms with E-state index >= 15 is 0 Å². The molecule has 1 aromatic heterocycles. The van der Waals surface area contributed by atoms with Crippen molar-refractivity contribution in [1.82, 2.24) is 15.6 Å². The van der Waals surface area contributed by atoms with Gasteiger partial charge in [-0.1, -0.05) is 49.6 Å². The highest BCUT2D eigenvalue weighted by Crippen LogP contribution is 2.34.